The lowest BCUT2D eigenvalue weighted by atomic mass is 10.1. The van der Waals surface area contributed by atoms with Gasteiger partial charge < -0.3 is 10.6 Å². The van der Waals surface area contributed by atoms with Gasteiger partial charge in [0.15, 0.2) is 0 Å². The lowest BCUT2D eigenvalue weighted by Crippen LogP contribution is -2.27. The quantitative estimate of drug-likeness (QED) is 0.854. The van der Waals surface area contributed by atoms with Gasteiger partial charge in [0.25, 0.3) is 0 Å². The standard InChI is InChI=1S/C20H21ClN2O2/c1-12-7-8-15(9-13(12)2)23-20(25)17-10-16(17)19(24)22-11-14-5-3-4-6-18(14)21/h3-9,16-17H,10-11H2,1-2H3,(H,22,24)(H,23,25). The van der Waals surface area contributed by atoms with Crippen molar-refractivity contribution in [1.82, 2.24) is 5.32 Å². The van der Waals surface area contributed by atoms with E-state index in [1.807, 2.05) is 50.2 Å². The van der Waals surface area contributed by atoms with Crippen LogP contribution in [0.15, 0.2) is 42.5 Å². The normalized spacial score (nSPS) is 18.5. The van der Waals surface area contributed by atoms with Gasteiger partial charge in [-0.1, -0.05) is 35.9 Å². The predicted octanol–water partition coefficient (Wildman–Crippen LogP) is 3.85. The second-order valence-corrected chi connectivity index (χ2v) is 6.95. The first kappa shape index (κ1) is 17.5. The first-order valence-corrected chi connectivity index (χ1v) is 8.72. The van der Waals surface area contributed by atoms with Crippen LogP contribution in [0.5, 0.6) is 0 Å². The molecule has 1 fully saturated rings. The molecule has 3 rings (SSSR count). The first-order chi connectivity index (χ1) is 12.0. The molecule has 4 nitrogen and oxygen atoms in total. The van der Waals surface area contributed by atoms with Crippen LogP contribution in [-0.4, -0.2) is 11.8 Å². The van der Waals surface area contributed by atoms with E-state index in [0.717, 1.165) is 16.8 Å². The van der Waals surface area contributed by atoms with E-state index in [4.69, 9.17) is 11.6 Å². The number of amides is 2. The van der Waals surface area contributed by atoms with Crippen LogP contribution in [0.4, 0.5) is 5.69 Å². The third-order valence-electron chi connectivity index (χ3n) is 4.65. The van der Waals surface area contributed by atoms with E-state index in [-0.39, 0.29) is 23.7 Å². The number of hydrogen-bond donors (Lipinski definition) is 2. The zero-order valence-corrected chi connectivity index (χ0v) is 15.1. The van der Waals surface area contributed by atoms with Gasteiger partial charge in [-0.25, -0.2) is 0 Å². The van der Waals surface area contributed by atoms with E-state index in [0.29, 0.717) is 18.0 Å². The highest BCUT2D eigenvalue weighted by Crippen LogP contribution is 2.39. The van der Waals surface area contributed by atoms with E-state index < -0.39 is 0 Å². The zero-order valence-electron chi connectivity index (χ0n) is 14.3. The minimum Gasteiger partial charge on any atom is -0.352 e. The smallest absolute Gasteiger partial charge is 0.228 e. The van der Waals surface area contributed by atoms with Crippen LogP contribution in [0.2, 0.25) is 5.02 Å². The number of rotatable bonds is 5. The molecule has 1 saturated carbocycles. The van der Waals surface area contributed by atoms with Crippen molar-refractivity contribution in [3.05, 3.63) is 64.2 Å². The maximum absolute atomic E-state index is 12.3. The summed E-state index contributed by atoms with van der Waals surface area (Å²) in [6.07, 6.45) is 0.588. The average molecular weight is 357 g/mol. The van der Waals surface area contributed by atoms with Crippen molar-refractivity contribution in [2.45, 2.75) is 26.8 Å². The van der Waals surface area contributed by atoms with E-state index in [1.165, 1.54) is 5.56 Å². The van der Waals surface area contributed by atoms with Crippen molar-refractivity contribution in [3.63, 3.8) is 0 Å². The summed E-state index contributed by atoms with van der Waals surface area (Å²) >= 11 is 6.08. The summed E-state index contributed by atoms with van der Waals surface area (Å²) in [6, 6.07) is 13.2. The Hall–Kier alpha value is -2.33. The molecular formula is C20H21ClN2O2. The Labute approximate surface area is 152 Å². The molecule has 0 bridgehead atoms. The van der Waals surface area contributed by atoms with Crippen molar-refractivity contribution >= 4 is 29.1 Å². The van der Waals surface area contributed by atoms with Crippen molar-refractivity contribution < 1.29 is 9.59 Å². The first-order valence-electron chi connectivity index (χ1n) is 8.35. The van der Waals surface area contributed by atoms with E-state index >= 15 is 0 Å². The van der Waals surface area contributed by atoms with Gasteiger partial charge in [-0.15, -0.1) is 0 Å². The van der Waals surface area contributed by atoms with Crippen molar-refractivity contribution in [2.75, 3.05) is 5.32 Å². The van der Waals surface area contributed by atoms with Crippen LogP contribution in [0, 0.1) is 25.7 Å². The molecular weight excluding hydrogens is 336 g/mol. The molecule has 5 heteroatoms. The fraction of sp³-hybridized carbons (Fsp3) is 0.300. The fourth-order valence-corrected chi connectivity index (χ4v) is 2.99. The van der Waals surface area contributed by atoms with Gasteiger partial charge >= 0.3 is 0 Å². The molecule has 1 aliphatic rings. The summed E-state index contributed by atoms with van der Waals surface area (Å²) in [5.41, 5.74) is 3.95. The Morgan fingerprint density at radius 2 is 1.76 bits per heavy atom. The number of carbonyl (C=O) groups is 2. The van der Waals surface area contributed by atoms with Crippen LogP contribution in [0.1, 0.15) is 23.1 Å². The van der Waals surface area contributed by atoms with Crippen molar-refractivity contribution in [3.8, 4) is 0 Å². The molecule has 2 N–H and O–H groups in total. The topological polar surface area (TPSA) is 58.2 Å². The summed E-state index contributed by atoms with van der Waals surface area (Å²) < 4.78 is 0. The van der Waals surface area contributed by atoms with Gasteiger partial charge in [0.1, 0.15) is 0 Å². The maximum Gasteiger partial charge on any atom is 0.228 e. The molecule has 0 saturated heterocycles. The maximum atomic E-state index is 12.3. The molecule has 2 aromatic rings. The molecule has 0 aliphatic heterocycles. The van der Waals surface area contributed by atoms with E-state index in [9.17, 15) is 9.59 Å². The SMILES string of the molecule is Cc1ccc(NC(=O)C2CC2C(=O)NCc2ccccc2Cl)cc1C. The average Bonchev–Trinajstić information content (AvgIpc) is 3.38. The van der Waals surface area contributed by atoms with Crippen molar-refractivity contribution in [2.24, 2.45) is 11.8 Å². The Bertz CT molecular complexity index is 819. The highest BCUT2D eigenvalue weighted by Gasteiger charge is 2.47. The molecule has 0 radical (unpaired) electrons. The minimum absolute atomic E-state index is 0.0962. The van der Waals surface area contributed by atoms with Crippen LogP contribution in [0.25, 0.3) is 0 Å². The summed E-state index contributed by atoms with van der Waals surface area (Å²) in [4.78, 5) is 24.5. The molecule has 0 spiro atoms. The predicted molar refractivity (Wildman–Crippen MR) is 99.4 cm³/mol. The monoisotopic (exact) mass is 356 g/mol. The Morgan fingerprint density at radius 3 is 2.48 bits per heavy atom. The van der Waals surface area contributed by atoms with Gasteiger partial charge in [0.05, 0.1) is 11.8 Å². The van der Waals surface area contributed by atoms with Crippen LogP contribution in [-0.2, 0) is 16.1 Å². The van der Waals surface area contributed by atoms with Gasteiger partial charge in [-0.2, -0.15) is 0 Å². The van der Waals surface area contributed by atoms with Gasteiger partial charge in [-0.3, -0.25) is 9.59 Å². The number of anilines is 1. The minimum atomic E-state index is -0.257. The number of halogens is 1. The summed E-state index contributed by atoms with van der Waals surface area (Å²) in [5.74, 6) is -0.705. The third-order valence-corrected chi connectivity index (χ3v) is 5.02. The molecule has 25 heavy (non-hydrogen) atoms. The second-order valence-electron chi connectivity index (χ2n) is 6.55. The zero-order chi connectivity index (χ0) is 18.0. The molecule has 2 unspecified atom stereocenters. The number of aryl methyl sites for hydroxylation is 2. The summed E-state index contributed by atoms with van der Waals surface area (Å²) in [5, 5.41) is 6.39. The largest absolute Gasteiger partial charge is 0.352 e. The number of benzene rings is 2. The highest BCUT2D eigenvalue weighted by molar-refractivity contribution is 6.31. The molecule has 0 heterocycles. The summed E-state index contributed by atoms with van der Waals surface area (Å²) in [7, 11) is 0. The van der Waals surface area contributed by atoms with E-state index in [1.54, 1.807) is 6.07 Å². The van der Waals surface area contributed by atoms with Gasteiger partial charge in [0.2, 0.25) is 11.8 Å². The Balaban J connectivity index is 1.51. The Kier molecular flexibility index (Phi) is 5.09. The number of hydrogen-bond acceptors (Lipinski definition) is 2. The lowest BCUT2D eigenvalue weighted by Gasteiger charge is -2.08. The summed E-state index contributed by atoms with van der Waals surface area (Å²) in [6.45, 7) is 4.41. The molecule has 2 atom stereocenters. The van der Waals surface area contributed by atoms with Crippen LogP contribution in [0.3, 0.4) is 0 Å². The number of carbonyl (C=O) groups excluding carboxylic acids is 2. The molecule has 2 amide bonds. The van der Waals surface area contributed by atoms with Gasteiger partial charge in [0, 0.05) is 17.3 Å². The molecule has 0 aromatic heterocycles. The van der Waals surface area contributed by atoms with Crippen molar-refractivity contribution in [1.29, 1.82) is 0 Å². The molecule has 2 aromatic carbocycles. The Morgan fingerprint density at radius 1 is 1.04 bits per heavy atom. The highest BCUT2D eigenvalue weighted by atomic mass is 35.5. The molecule has 1 aliphatic carbocycles. The van der Waals surface area contributed by atoms with Gasteiger partial charge in [-0.05, 0) is 55.2 Å². The third kappa shape index (κ3) is 4.20. The molecule has 130 valence electrons. The second kappa shape index (κ2) is 7.28. The number of nitrogens with one attached hydrogen (secondary N) is 2. The lowest BCUT2D eigenvalue weighted by molar-refractivity contribution is -0.125. The van der Waals surface area contributed by atoms with Crippen LogP contribution >= 0.6 is 11.6 Å². The van der Waals surface area contributed by atoms with Crippen LogP contribution < -0.4 is 10.6 Å². The van der Waals surface area contributed by atoms with E-state index in [2.05, 4.69) is 10.6 Å². The fourth-order valence-electron chi connectivity index (χ4n) is 2.78.